The molecule has 9 nitrogen and oxygen atoms in total. The zero-order valence-corrected chi connectivity index (χ0v) is 18.2. The Hall–Kier alpha value is -2.67. The van der Waals surface area contributed by atoms with Crippen LogP contribution in [0.2, 0.25) is 0 Å². The third-order valence-electron chi connectivity index (χ3n) is 4.53. The van der Waals surface area contributed by atoms with Gasteiger partial charge in [0.15, 0.2) is 0 Å². The number of benzene rings is 1. The lowest BCUT2D eigenvalue weighted by Crippen LogP contribution is -2.56. The molecule has 1 amide bonds. The van der Waals surface area contributed by atoms with E-state index in [1.165, 1.54) is 21.0 Å². The van der Waals surface area contributed by atoms with Crippen molar-refractivity contribution in [1.82, 2.24) is 9.66 Å². The molecule has 2 aromatic rings. The number of aromatic nitrogens is 2. The van der Waals surface area contributed by atoms with E-state index in [1.807, 2.05) is 0 Å². The van der Waals surface area contributed by atoms with E-state index in [-0.39, 0.29) is 21.1 Å². The van der Waals surface area contributed by atoms with Crippen LogP contribution < -0.4 is 15.7 Å². The van der Waals surface area contributed by atoms with Crippen molar-refractivity contribution in [2.45, 2.75) is 39.5 Å². The number of H-pyrrole nitrogens is 1. The Morgan fingerprint density at radius 2 is 1.84 bits per heavy atom. The molecule has 0 spiro atoms. The van der Waals surface area contributed by atoms with Gasteiger partial charge in [0, 0.05) is 13.0 Å². The highest BCUT2D eigenvalue weighted by molar-refractivity contribution is 7.92. The maximum Gasteiger partial charge on any atom is 0.416 e. The van der Waals surface area contributed by atoms with E-state index in [9.17, 15) is 36.0 Å². The first-order chi connectivity index (χ1) is 14.1. The van der Waals surface area contributed by atoms with Crippen molar-refractivity contribution in [2.75, 3.05) is 17.8 Å². The van der Waals surface area contributed by atoms with Crippen molar-refractivity contribution < 1.29 is 31.1 Å². The Labute approximate surface area is 175 Å². The summed E-state index contributed by atoms with van der Waals surface area (Å²) in [4.78, 5) is 40.1. The summed E-state index contributed by atoms with van der Waals surface area (Å²) >= 11 is 0. The third-order valence-corrected chi connectivity index (χ3v) is 5.50. The Morgan fingerprint density at radius 1 is 1.26 bits per heavy atom. The van der Waals surface area contributed by atoms with Crippen molar-refractivity contribution in [3.05, 3.63) is 44.1 Å². The molecule has 0 fully saturated rings. The predicted molar refractivity (Wildman–Crippen MR) is 107 cm³/mol. The topological polar surface area (TPSA) is 119 Å². The quantitative estimate of drug-likeness (QED) is 0.696. The highest BCUT2D eigenvalue weighted by Gasteiger charge is 2.37. The standard InChI is InChI=1S/C18H22F3N3O6S/c1-6-14(30-4)10-7-11-13(8-12(10)18(19,20)21)22-17(27)23(16(11)26)24(31(5,28)29)15(25)9(2)3/h7-9,14H,6H2,1-5H3,(H,22,27). The smallest absolute Gasteiger partial charge is 0.377 e. The first kappa shape index (κ1) is 24.6. The molecule has 13 heteroatoms. The Kier molecular flexibility index (Phi) is 6.71. The molecule has 0 radical (unpaired) electrons. The number of halogens is 3. The molecule has 0 saturated carbocycles. The molecule has 0 aliphatic heterocycles. The van der Waals surface area contributed by atoms with Gasteiger partial charge in [0.1, 0.15) is 0 Å². The third kappa shape index (κ3) is 4.66. The number of hydrogen-bond donors (Lipinski definition) is 1. The van der Waals surface area contributed by atoms with Crippen LogP contribution in [-0.4, -0.2) is 37.4 Å². The molecule has 1 aromatic heterocycles. The number of amides is 1. The molecule has 1 aromatic carbocycles. The minimum absolute atomic E-state index is 0.0171. The molecule has 1 unspecified atom stereocenters. The Morgan fingerprint density at radius 3 is 2.26 bits per heavy atom. The van der Waals surface area contributed by atoms with Gasteiger partial charge >= 0.3 is 11.9 Å². The number of carbonyl (C=O) groups excluding carboxylic acids is 1. The van der Waals surface area contributed by atoms with Gasteiger partial charge in [-0.2, -0.15) is 13.2 Å². The van der Waals surface area contributed by atoms with E-state index >= 15 is 0 Å². The number of nitrogens with one attached hydrogen (secondary N) is 1. The average Bonchev–Trinajstić information content (AvgIpc) is 2.63. The molecule has 0 bridgehead atoms. The number of methoxy groups -OCH3 is 1. The Bertz CT molecular complexity index is 1230. The largest absolute Gasteiger partial charge is 0.416 e. The molecule has 31 heavy (non-hydrogen) atoms. The molecule has 0 aliphatic carbocycles. The molecule has 1 heterocycles. The van der Waals surface area contributed by atoms with Crippen molar-refractivity contribution in [1.29, 1.82) is 0 Å². The molecule has 2 rings (SSSR count). The minimum atomic E-state index is -4.81. The average molecular weight is 465 g/mol. The number of nitrogens with zero attached hydrogens (tertiary/aromatic N) is 2. The van der Waals surface area contributed by atoms with Crippen LogP contribution in [0.1, 0.15) is 44.4 Å². The predicted octanol–water partition coefficient (Wildman–Crippen LogP) is 1.89. The van der Waals surface area contributed by atoms with E-state index in [0.29, 0.717) is 12.3 Å². The van der Waals surface area contributed by atoms with Crippen LogP contribution in [0.5, 0.6) is 0 Å². The van der Waals surface area contributed by atoms with Crippen LogP contribution in [-0.2, 0) is 25.7 Å². The van der Waals surface area contributed by atoms with E-state index < -0.39 is 61.8 Å². The van der Waals surface area contributed by atoms with Crippen LogP contribution in [0.15, 0.2) is 21.7 Å². The number of ether oxygens (including phenoxy) is 1. The second kappa shape index (κ2) is 8.46. The number of hydrogen-bond acceptors (Lipinski definition) is 6. The van der Waals surface area contributed by atoms with Crippen LogP contribution in [0.25, 0.3) is 10.9 Å². The second-order valence-corrected chi connectivity index (χ2v) is 8.97. The number of alkyl halides is 3. The molecule has 172 valence electrons. The number of fused-ring (bicyclic) bond motifs is 1. The van der Waals surface area contributed by atoms with Gasteiger partial charge in [-0.1, -0.05) is 20.8 Å². The summed E-state index contributed by atoms with van der Waals surface area (Å²) in [5, 5.41) is -0.414. The molecule has 0 aliphatic rings. The van der Waals surface area contributed by atoms with Crippen LogP contribution in [0.4, 0.5) is 13.2 Å². The summed E-state index contributed by atoms with van der Waals surface area (Å²) < 4.78 is 70.4. The van der Waals surface area contributed by atoms with Crippen molar-refractivity contribution >= 4 is 26.8 Å². The lowest BCUT2D eigenvalue weighted by Gasteiger charge is -2.24. The van der Waals surface area contributed by atoms with E-state index in [1.54, 1.807) is 6.92 Å². The molecule has 0 saturated heterocycles. The van der Waals surface area contributed by atoms with Crippen LogP contribution in [0, 0.1) is 5.92 Å². The molecular formula is C18H22F3N3O6S. The number of sulfonamides is 1. The number of aromatic amines is 1. The van der Waals surface area contributed by atoms with Gasteiger partial charge in [0.25, 0.3) is 21.5 Å². The first-order valence-electron chi connectivity index (χ1n) is 9.12. The molecular weight excluding hydrogens is 443 g/mol. The zero-order valence-electron chi connectivity index (χ0n) is 17.4. The van der Waals surface area contributed by atoms with Gasteiger partial charge in [-0.05, 0) is 24.1 Å². The second-order valence-electron chi connectivity index (χ2n) is 7.16. The van der Waals surface area contributed by atoms with Crippen molar-refractivity contribution in [3.63, 3.8) is 0 Å². The van der Waals surface area contributed by atoms with Crippen LogP contribution >= 0.6 is 0 Å². The SMILES string of the molecule is CCC(OC)c1cc2c(=O)n(N(C(=O)C(C)C)S(C)(=O)=O)c(=O)[nH]c2cc1C(F)(F)F. The fourth-order valence-corrected chi connectivity index (χ4v) is 4.08. The lowest BCUT2D eigenvalue weighted by molar-refractivity contribution is -0.139. The molecule has 1 N–H and O–H groups in total. The zero-order chi connectivity index (χ0) is 23.9. The maximum atomic E-state index is 13.6. The highest BCUT2D eigenvalue weighted by atomic mass is 32.2. The summed E-state index contributed by atoms with van der Waals surface area (Å²) in [6.07, 6.45) is -5.07. The maximum absolute atomic E-state index is 13.6. The van der Waals surface area contributed by atoms with Gasteiger partial charge in [0.05, 0.1) is 28.8 Å². The molecule has 1 atom stereocenters. The summed E-state index contributed by atoms with van der Waals surface area (Å²) in [5.41, 5.74) is -4.57. The van der Waals surface area contributed by atoms with Crippen LogP contribution in [0.3, 0.4) is 0 Å². The minimum Gasteiger partial charge on any atom is -0.377 e. The number of carbonyl (C=O) groups is 1. The van der Waals surface area contributed by atoms with Crippen molar-refractivity contribution in [2.24, 2.45) is 5.92 Å². The fourth-order valence-electron chi connectivity index (χ4n) is 3.09. The van der Waals surface area contributed by atoms with E-state index in [4.69, 9.17) is 4.74 Å². The van der Waals surface area contributed by atoms with Gasteiger partial charge in [-0.25, -0.2) is 13.2 Å². The monoisotopic (exact) mass is 465 g/mol. The number of rotatable bonds is 6. The highest BCUT2D eigenvalue weighted by Crippen LogP contribution is 2.38. The lowest BCUT2D eigenvalue weighted by atomic mass is 9.97. The van der Waals surface area contributed by atoms with Gasteiger partial charge < -0.3 is 9.72 Å². The summed E-state index contributed by atoms with van der Waals surface area (Å²) in [7, 11) is -3.22. The summed E-state index contributed by atoms with van der Waals surface area (Å²) in [5.74, 6) is -1.97. The van der Waals surface area contributed by atoms with Gasteiger partial charge in [-0.3, -0.25) is 9.59 Å². The summed E-state index contributed by atoms with van der Waals surface area (Å²) in [6.45, 7) is 4.30. The first-order valence-corrected chi connectivity index (χ1v) is 11.0. The van der Waals surface area contributed by atoms with E-state index in [0.717, 1.165) is 6.07 Å². The normalized spacial score (nSPS) is 13.6. The fraction of sp³-hybridized carbons (Fsp3) is 0.500. The van der Waals surface area contributed by atoms with E-state index in [2.05, 4.69) is 4.98 Å². The van der Waals surface area contributed by atoms with Crippen molar-refractivity contribution in [3.8, 4) is 0 Å². The summed E-state index contributed by atoms with van der Waals surface area (Å²) in [6, 6.07) is 1.49. The Balaban J connectivity index is 3.01. The van der Waals surface area contributed by atoms with Gasteiger partial charge in [0.2, 0.25) is 0 Å². The van der Waals surface area contributed by atoms with Gasteiger partial charge in [-0.15, -0.1) is 9.09 Å².